The maximum Gasteiger partial charge on any atom is 0.287 e. The lowest BCUT2D eigenvalue weighted by atomic mass is 9.90. The fourth-order valence-electron chi connectivity index (χ4n) is 4.85. The van der Waals surface area contributed by atoms with Gasteiger partial charge in [-0.15, -0.1) is 0 Å². The van der Waals surface area contributed by atoms with Gasteiger partial charge < -0.3 is 15.1 Å². The van der Waals surface area contributed by atoms with E-state index in [-0.39, 0.29) is 17.4 Å². The summed E-state index contributed by atoms with van der Waals surface area (Å²) in [6, 6.07) is 10.3. The molecule has 2 aliphatic heterocycles. The van der Waals surface area contributed by atoms with Crippen LogP contribution in [0.3, 0.4) is 0 Å². The molecule has 2 aliphatic rings. The highest BCUT2D eigenvalue weighted by molar-refractivity contribution is 5.96. The number of carbonyl (C=O) groups excluding carboxylic acids is 2. The molecule has 2 fully saturated rings. The molecular formula is C23H31N3O3. The number of benzene rings is 1. The Morgan fingerprint density at radius 3 is 2.48 bits per heavy atom. The number of rotatable bonds is 5. The molecule has 2 amide bonds. The molecule has 2 saturated heterocycles. The van der Waals surface area contributed by atoms with Gasteiger partial charge in [-0.3, -0.25) is 14.5 Å². The highest BCUT2D eigenvalue weighted by Crippen LogP contribution is 2.38. The van der Waals surface area contributed by atoms with Crippen LogP contribution in [-0.2, 0) is 4.79 Å². The van der Waals surface area contributed by atoms with Crippen LogP contribution in [0.25, 0.3) is 11.0 Å². The first kappa shape index (κ1) is 20.0. The molecule has 3 atom stereocenters. The Kier molecular flexibility index (Phi) is 5.38. The molecule has 3 heterocycles. The third-order valence-corrected chi connectivity index (χ3v) is 6.02. The maximum atomic E-state index is 12.5. The third-order valence-electron chi connectivity index (χ3n) is 6.02. The molecular weight excluding hydrogens is 366 g/mol. The fourth-order valence-corrected chi connectivity index (χ4v) is 4.85. The molecule has 156 valence electrons. The highest BCUT2D eigenvalue weighted by Gasteiger charge is 2.41. The van der Waals surface area contributed by atoms with E-state index in [1.807, 2.05) is 45.0 Å². The van der Waals surface area contributed by atoms with Gasteiger partial charge in [0.15, 0.2) is 5.76 Å². The van der Waals surface area contributed by atoms with E-state index in [4.69, 9.17) is 4.42 Å². The lowest BCUT2D eigenvalue weighted by Gasteiger charge is -2.39. The Hall–Kier alpha value is -2.34. The van der Waals surface area contributed by atoms with Crippen LogP contribution in [0.4, 0.5) is 0 Å². The van der Waals surface area contributed by atoms with Gasteiger partial charge in [-0.05, 0) is 64.5 Å². The standard InChI is InChI=1S/C23H31N3O3/c1-23(2,3)25-21(27)14-26-17-8-9-18(26)11-15(10-17)13-24-22(28)20-12-16-6-4-5-7-19(16)29-20/h4-7,12,15,17-18H,8-11,13-14H2,1-3H3,(H,24,28)(H,25,27)/t15-,17-,18+. The highest BCUT2D eigenvalue weighted by atomic mass is 16.3. The molecule has 2 bridgehead atoms. The molecule has 1 aromatic heterocycles. The number of hydrogen-bond acceptors (Lipinski definition) is 4. The minimum atomic E-state index is -0.199. The van der Waals surface area contributed by atoms with Crippen LogP contribution in [0.1, 0.15) is 57.0 Å². The third kappa shape index (κ3) is 4.64. The zero-order valence-electron chi connectivity index (χ0n) is 17.5. The van der Waals surface area contributed by atoms with Crippen molar-refractivity contribution in [3.05, 3.63) is 36.1 Å². The van der Waals surface area contributed by atoms with Crippen molar-refractivity contribution in [2.45, 2.75) is 64.1 Å². The zero-order chi connectivity index (χ0) is 20.6. The molecule has 2 N–H and O–H groups in total. The van der Waals surface area contributed by atoms with E-state index in [1.165, 1.54) is 0 Å². The van der Waals surface area contributed by atoms with Crippen LogP contribution in [0.2, 0.25) is 0 Å². The molecule has 0 spiro atoms. The van der Waals surface area contributed by atoms with E-state index in [2.05, 4.69) is 15.5 Å². The molecule has 0 unspecified atom stereocenters. The summed E-state index contributed by atoms with van der Waals surface area (Å²) in [5.74, 6) is 0.764. The first-order valence-corrected chi connectivity index (χ1v) is 10.6. The van der Waals surface area contributed by atoms with Crippen molar-refractivity contribution in [3.8, 4) is 0 Å². The molecule has 29 heavy (non-hydrogen) atoms. The molecule has 2 aromatic rings. The van der Waals surface area contributed by atoms with E-state index in [9.17, 15) is 9.59 Å². The number of hydrogen-bond donors (Lipinski definition) is 2. The quantitative estimate of drug-likeness (QED) is 0.812. The second-order valence-electron chi connectivity index (χ2n) is 9.55. The fraction of sp³-hybridized carbons (Fsp3) is 0.565. The normalized spacial score (nSPS) is 24.6. The van der Waals surface area contributed by atoms with Gasteiger partial charge >= 0.3 is 0 Å². The van der Waals surface area contributed by atoms with Gasteiger partial charge in [-0.2, -0.15) is 0 Å². The largest absolute Gasteiger partial charge is 0.451 e. The number of nitrogens with zero attached hydrogens (tertiary/aromatic N) is 1. The van der Waals surface area contributed by atoms with Crippen LogP contribution >= 0.6 is 0 Å². The summed E-state index contributed by atoms with van der Waals surface area (Å²) in [4.78, 5) is 27.2. The van der Waals surface area contributed by atoms with Gasteiger partial charge in [0, 0.05) is 29.6 Å². The number of amides is 2. The van der Waals surface area contributed by atoms with Crippen molar-refractivity contribution in [2.24, 2.45) is 5.92 Å². The minimum absolute atomic E-state index is 0.103. The lowest BCUT2D eigenvalue weighted by Crippen LogP contribution is -2.51. The smallest absolute Gasteiger partial charge is 0.287 e. The number of para-hydroxylation sites is 1. The van der Waals surface area contributed by atoms with E-state index >= 15 is 0 Å². The predicted octanol–water partition coefficient (Wildman–Crippen LogP) is 3.32. The molecule has 0 saturated carbocycles. The summed E-state index contributed by atoms with van der Waals surface area (Å²) in [5.41, 5.74) is 0.535. The van der Waals surface area contributed by atoms with Crippen molar-refractivity contribution in [3.63, 3.8) is 0 Å². The zero-order valence-corrected chi connectivity index (χ0v) is 17.5. The molecule has 1 aromatic carbocycles. The van der Waals surface area contributed by atoms with Crippen molar-refractivity contribution >= 4 is 22.8 Å². The Balaban J connectivity index is 1.30. The topological polar surface area (TPSA) is 74.6 Å². The van der Waals surface area contributed by atoms with Gasteiger partial charge in [0.05, 0.1) is 6.54 Å². The Labute approximate surface area is 172 Å². The van der Waals surface area contributed by atoms with Gasteiger partial charge in [0.2, 0.25) is 5.91 Å². The van der Waals surface area contributed by atoms with Gasteiger partial charge in [-0.1, -0.05) is 18.2 Å². The minimum Gasteiger partial charge on any atom is -0.451 e. The number of nitrogens with one attached hydrogen (secondary N) is 2. The number of piperidine rings is 1. The average molecular weight is 398 g/mol. The molecule has 0 radical (unpaired) electrons. The lowest BCUT2D eigenvalue weighted by molar-refractivity contribution is -0.125. The Morgan fingerprint density at radius 1 is 1.14 bits per heavy atom. The second kappa shape index (κ2) is 7.82. The van der Waals surface area contributed by atoms with Crippen LogP contribution in [0, 0.1) is 5.92 Å². The van der Waals surface area contributed by atoms with E-state index in [0.29, 0.717) is 36.9 Å². The van der Waals surface area contributed by atoms with Crippen LogP contribution in [-0.4, -0.2) is 47.4 Å². The van der Waals surface area contributed by atoms with Crippen LogP contribution in [0.15, 0.2) is 34.7 Å². The summed E-state index contributed by atoms with van der Waals surface area (Å²) in [5, 5.41) is 7.06. The molecule has 6 heteroatoms. The van der Waals surface area contributed by atoms with Crippen molar-refractivity contribution < 1.29 is 14.0 Å². The first-order chi connectivity index (χ1) is 13.8. The maximum absolute atomic E-state index is 12.5. The van der Waals surface area contributed by atoms with Crippen LogP contribution in [0.5, 0.6) is 0 Å². The van der Waals surface area contributed by atoms with Crippen molar-refractivity contribution in [1.82, 2.24) is 15.5 Å². The van der Waals surface area contributed by atoms with Crippen molar-refractivity contribution in [1.29, 1.82) is 0 Å². The summed E-state index contributed by atoms with van der Waals surface area (Å²) in [6.45, 7) is 7.17. The van der Waals surface area contributed by atoms with Crippen molar-refractivity contribution in [2.75, 3.05) is 13.1 Å². The Morgan fingerprint density at radius 2 is 1.83 bits per heavy atom. The molecule has 6 nitrogen and oxygen atoms in total. The van der Waals surface area contributed by atoms with E-state index in [1.54, 1.807) is 6.07 Å². The van der Waals surface area contributed by atoms with E-state index < -0.39 is 0 Å². The molecule has 4 rings (SSSR count). The monoisotopic (exact) mass is 397 g/mol. The van der Waals surface area contributed by atoms with Crippen LogP contribution < -0.4 is 10.6 Å². The van der Waals surface area contributed by atoms with Gasteiger partial charge in [0.25, 0.3) is 5.91 Å². The summed E-state index contributed by atoms with van der Waals surface area (Å²) < 4.78 is 5.66. The first-order valence-electron chi connectivity index (χ1n) is 10.6. The number of furan rings is 1. The van der Waals surface area contributed by atoms with Gasteiger partial charge in [-0.25, -0.2) is 0 Å². The Bertz CT molecular complexity index is 851. The van der Waals surface area contributed by atoms with E-state index in [0.717, 1.165) is 36.7 Å². The summed E-state index contributed by atoms with van der Waals surface area (Å²) >= 11 is 0. The second-order valence-corrected chi connectivity index (χ2v) is 9.55. The summed E-state index contributed by atoms with van der Waals surface area (Å²) in [7, 11) is 0. The number of fused-ring (bicyclic) bond motifs is 3. The van der Waals surface area contributed by atoms with Gasteiger partial charge in [0.1, 0.15) is 5.58 Å². The average Bonchev–Trinajstić information content (AvgIpc) is 3.16. The molecule has 0 aliphatic carbocycles. The predicted molar refractivity (Wildman–Crippen MR) is 113 cm³/mol. The summed E-state index contributed by atoms with van der Waals surface area (Å²) in [6.07, 6.45) is 4.34. The SMILES string of the molecule is CC(C)(C)NC(=O)CN1[C@@H]2CC[C@H]1C[C@H](CNC(=O)c1cc3ccccc3o1)C2. The number of carbonyl (C=O) groups is 2.